The molecule has 2 aromatic rings. The van der Waals surface area contributed by atoms with Crippen LogP contribution in [0, 0.1) is 0 Å². The van der Waals surface area contributed by atoms with Gasteiger partial charge in [-0.3, -0.25) is 10.2 Å². The van der Waals surface area contributed by atoms with Crippen molar-refractivity contribution in [2.75, 3.05) is 0 Å². The molecule has 1 aromatic heterocycles. The lowest BCUT2D eigenvalue weighted by molar-refractivity contribution is 0.0953. The van der Waals surface area contributed by atoms with Gasteiger partial charge in [-0.2, -0.15) is 0 Å². The number of nitrogens with one attached hydrogen (secondary N) is 1. The predicted octanol–water partition coefficient (Wildman–Crippen LogP) is 2.13. The van der Waals surface area contributed by atoms with Crippen LogP contribution in [-0.2, 0) is 0 Å². The second kappa shape index (κ2) is 5.48. The Hall–Kier alpha value is -2.11. The van der Waals surface area contributed by atoms with E-state index in [1.807, 2.05) is 5.43 Å². The second-order valence-electron chi connectivity index (χ2n) is 3.41. The number of rotatable bonds is 3. The lowest BCUT2D eigenvalue weighted by Crippen LogP contribution is -2.29. The molecule has 0 atom stereocenters. The predicted molar refractivity (Wildman–Crippen MR) is 67.4 cm³/mol. The molecule has 0 aliphatic carbocycles. The Balaban J connectivity index is 2.10. The molecule has 1 heterocycles. The maximum atomic E-state index is 11.2. The van der Waals surface area contributed by atoms with Crippen molar-refractivity contribution in [3.05, 3.63) is 53.2 Å². The van der Waals surface area contributed by atoms with E-state index in [9.17, 15) is 4.79 Å². The van der Waals surface area contributed by atoms with E-state index < -0.39 is 5.91 Å². The number of nitrogen functional groups attached to an aromatic ring is 1. The van der Waals surface area contributed by atoms with E-state index in [1.54, 1.807) is 36.4 Å². The zero-order chi connectivity index (χ0) is 13.0. The summed E-state index contributed by atoms with van der Waals surface area (Å²) in [7, 11) is 0. The molecule has 0 fully saturated rings. The van der Waals surface area contributed by atoms with Crippen molar-refractivity contribution in [3.8, 4) is 11.6 Å². The van der Waals surface area contributed by atoms with Gasteiger partial charge in [-0.05, 0) is 30.3 Å². The van der Waals surface area contributed by atoms with Gasteiger partial charge in [-0.25, -0.2) is 10.8 Å². The number of halogens is 1. The first kappa shape index (κ1) is 12.3. The van der Waals surface area contributed by atoms with Crippen molar-refractivity contribution in [3.63, 3.8) is 0 Å². The minimum atomic E-state index is -0.402. The molecule has 0 aliphatic rings. The lowest BCUT2D eigenvalue weighted by atomic mass is 10.3. The van der Waals surface area contributed by atoms with Crippen LogP contribution in [0.4, 0.5) is 0 Å². The van der Waals surface area contributed by atoms with Crippen molar-refractivity contribution in [1.82, 2.24) is 10.4 Å². The minimum Gasteiger partial charge on any atom is -0.439 e. The molecule has 6 heteroatoms. The molecular formula is C12H10ClN3O2. The SMILES string of the molecule is NNC(=O)c1ccc(Oc2ccc(Cl)cc2)nc1. The summed E-state index contributed by atoms with van der Waals surface area (Å²) in [5.74, 6) is 5.60. The Morgan fingerprint density at radius 2 is 1.94 bits per heavy atom. The molecule has 18 heavy (non-hydrogen) atoms. The Bertz CT molecular complexity index is 540. The first-order chi connectivity index (χ1) is 8.69. The van der Waals surface area contributed by atoms with Gasteiger partial charge in [0.15, 0.2) is 0 Å². The Kier molecular flexibility index (Phi) is 3.76. The molecule has 0 saturated carbocycles. The van der Waals surface area contributed by atoms with Crippen LogP contribution in [-0.4, -0.2) is 10.9 Å². The van der Waals surface area contributed by atoms with Crippen LogP contribution >= 0.6 is 11.6 Å². The number of nitrogens with zero attached hydrogens (tertiary/aromatic N) is 1. The number of ether oxygens (including phenoxy) is 1. The topological polar surface area (TPSA) is 77.2 Å². The molecular weight excluding hydrogens is 254 g/mol. The van der Waals surface area contributed by atoms with Gasteiger partial charge in [0, 0.05) is 17.3 Å². The van der Waals surface area contributed by atoms with E-state index >= 15 is 0 Å². The number of hydrogen-bond acceptors (Lipinski definition) is 4. The summed E-state index contributed by atoms with van der Waals surface area (Å²) in [4.78, 5) is 15.2. The first-order valence-electron chi connectivity index (χ1n) is 5.09. The summed E-state index contributed by atoms with van der Waals surface area (Å²) in [6, 6.07) is 10.0. The molecule has 0 unspecified atom stereocenters. The number of amides is 1. The average Bonchev–Trinajstić information content (AvgIpc) is 2.41. The number of pyridine rings is 1. The standard InChI is InChI=1S/C12H10ClN3O2/c13-9-2-4-10(5-3-9)18-11-6-1-8(7-15-11)12(17)16-14/h1-7H,14H2,(H,16,17). The summed E-state index contributed by atoms with van der Waals surface area (Å²) in [6.07, 6.45) is 1.38. The summed E-state index contributed by atoms with van der Waals surface area (Å²) >= 11 is 5.76. The fourth-order valence-electron chi connectivity index (χ4n) is 1.28. The zero-order valence-electron chi connectivity index (χ0n) is 9.26. The van der Waals surface area contributed by atoms with E-state index in [0.717, 1.165) is 0 Å². The number of carbonyl (C=O) groups is 1. The van der Waals surface area contributed by atoms with E-state index in [0.29, 0.717) is 22.2 Å². The molecule has 92 valence electrons. The molecule has 0 spiro atoms. The van der Waals surface area contributed by atoms with Crippen LogP contribution in [0.15, 0.2) is 42.6 Å². The highest BCUT2D eigenvalue weighted by Crippen LogP contribution is 2.21. The number of hydrogen-bond donors (Lipinski definition) is 2. The van der Waals surface area contributed by atoms with Crippen LogP contribution < -0.4 is 16.0 Å². The van der Waals surface area contributed by atoms with E-state index in [2.05, 4.69) is 4.98 Å². The Labute approximate surface area is 109 Å². The Morgan fingerprint density at radius 1 is 1.22 bits per heavy atom. The molecule has 2 rings (SSSR count). The highest BCUT2D eigenvalue weighted by atomic mass is 35.5. The smallest absolute Gasteiger partial charge is 0.266 e. The quantitative estimate of drug-likeness (QED) is 0.505. The number of aromatic nitrogens is 1. The van der Waals surface area contributed by atoms with Crippen molar-refractivity contribution < 1.29 is 9.53 Å². The molecule has 0 radical (unpaired) electrons. The third-order valence-corrected chi connectivity index (χ3v) is 2.42. The zero-order valence-corrected chi connectivity index (χ0v) is 10.0. The third kappa shape index (κ3) is 2.97. The maximum Gasteiger partial charge on any atom is 0.266 e. The summed E-state index contributed by atoms with van der Waals surface area (Å²) in [6.45, 7) is 0. The van der Waals surface area contributed by atoms with Crippen molar-refractivity contribution in [1.29, 1.82) is 0 Å². The van der Waals surface area contributed by atoms with Gasteiger partial charge in [0.2, 0.25) is 5.88 Å². The average molecular weight is 264 g/mol. The van der Waals surface area contributed by atoms with Gasteiger partial charge in [0.1, 0.15) is 5.75 Å². The highest BCUT2D eigenvalue weighted by Gasteiger charge is 2.04. The van der Waals surface area contributed by atoms with Crippen molar-refractivity contribution in [2.45, 2.75) is 0 Å². The van der Waals surface area contributed by atoms with Crippen LogP contribution in [0.5, 0.6) is 11.6 Å². The largest absolute Gasteiger partial charge is 0.439 e. The van der Waals surface area contributed by atoms with Gasteiger partial charge in [-0.15, -0.1) is 0 Å². The second-order valence-corrected chi connectivity index (χ2v) is 3.85. The monoisotopic (exact) mass is 263 g/mol. The fourth-order valence-corrected chi connectivity index (χ4v) is 1.41. The molecule has 3 N–H and O–H groups in total. The van der Waals surface area contributed by atoms with Crippen LogP contribution in [0.25, 0.3) is 0 Å². The fraction of sp³-hybridized carbons (Fsp3) is 0. The van der Waals surface area contributed by atoms with Crippen LogP contribution in [0.3, 0.4) is 0 Å². The maximum absolute atomic E-state index is 11.2. The molecule has 0 bridgehead atoms. The number of carbonyl (C=O) groups excluding carboxylic acids is 1. The Morgan fingerprint density at radius 3 is 2.50 bits per heavy atom. The van der Waals surface area contributed by atoms with Gasteiger partial charge in [-0.1, -0.05) is 11.6 Å². The minimum absolute atomic E-state index is 0.362. The molecule has 0 aliphatic heterocycles. The molecule has 1 aromatic carbocycles. The van der Waals surface area contributed by atoms with Gasteiger partial charge < -0.3 is 4.74 Å². The molecule has 5 nitrogen and oxygen atoms in total. The highest BCUT2D eigenvalue weighted by molar-refractivity contribution is 6.30. The third-order valence-electron chi connectivity index (χ3n) is 2.17. The van der Waals surface area contributed by atoms with Gasteiger partial charge in [0.05, 0.1) is 5.56 Å². The van der Waals surface area contributed by atoms with Crippen LogP contribution in [0.2, 0.25) is 5.02 Å². The molecule has 0 saturated heterocycles. The number of nitrogens with two attached hydrogens (primary N) is 1. The summed E-state index contributed by atoms with van der Waals surface area (Å²) < 4.78 is 5.47. The molecule has 1 amide bonds. The first-order valence-corrected chi connectivity index (χ1v) is 5.47. The van der Waals surface area contributed by atoms with Gasteiger partial charge in [0.25, 0.3) is 5.91 Å². The van der Waals surface area contributed by atoms with Gasteiger partial charge >= 0.3 is 0 Å². The summed E-state index contributed by atoms with van der Waals surface area (Å²) in [5.41, 5.74) is 2.38. The number of benzene rings is 1. The van der Waals surface area contributed by atoms with E-state index in [-0.39, 0.29) is 0 Å². The lowest BCUT2D eigenvalue weighted by Gasteiger charge is -2.05. The van der Waals surface area contributed by atoms with E-state index in [1.165, 1.54) is 6.20 Å². The normalized spacial score (nSPS) is 9.89. The summed E-state index contributed by atoms with van der Waals surface area (Å²) in [5, 5.41) is 0.630. The van der Waals surface area contributed by atoms with Crippen LogP contribution in [0.1, 0.15) is 10.4 Å². The van der Waals surface area contributed by atoms with Crippen molar-refractivity contribution >= 4 is 17.5 Å². The van der Waals surface area contributed by atoms with E-state index in [4.69, 9.17) is 22.2 Å². The number of hydrazine groups is 1. The van der Waals surface area contributed by atoms with Crippen molar-refractivity contribution in [2.24, 2.45) is 5.84 Å².